The van der Waals surface area contributed by atoms with Gasteiger partial charge in [-0.1, -0.05) is 48.5 Å². The van der Waals surface area contributed by atoms with Gasteiger partial charge >= 0.3 is 5.97 Å². The van der Waals surface area contributed by atoms with E-state index in [0.29, 0.717) is 17.9 Å². The molecule has 0 unspecified atom stereocenters. The van der Waals surface area contributed by atoms with Crippen LogP contribution in [-0.2, 0) is 16.0 Å². The van der Waals surface area contributed by atoms with Crippen LogP contribution in [0.3, 0.4) is 0 Å². The molecule has 0 saturated heterocycles. The fraction of sp³-hybridized carbons (Fsp3) is 0.111. The lowest BCUT2D eigenvalue weighted by atomic mass is 10.1. The molecule has 1 aliphatic rings. The third-order valence-corrected chi connectivity index (χ3v) is 3.33. The van der Waals surface area contributed by atoms with Crippen LogP contribution in [0.5, 0.6) is 0 Å². The first-order chi connectivity index (χ1) is 10.7. The van der Waals surface area contributed by atoms with Gasteiger partial charge in [-0.25, -0.2) is 14.2 Å². The largest absolute Gasteiger partial charge is 0.407 e. The van der Waals surface area contributed by atoms with E-state index in [1.165, 1.54) is 12.1 Å². The molecule has 3 nitrogen and oxygen atoms in total. The number of nitrogens with zero attached hydrogens (tertiary/aromatic N) is 1. The second-order valence-electron chi connectivity index (χ2n) is 4.93. The van der Waals surface area contributed by atoms with E-state index in [1.807, 2.05) is 30.3 Å². The number of aryl methyl sites for hydroxylation is 1. The lowest BCUT2D eigenvalue weighted by Gasteiger charge is -1.99. The number of hydrogen-bond donors (Lipinski definition) is 0. The Morgan fingerprint density at radius 1 is 1.00 bits per heavy atom. The summed E-state index contributed by atoms with van der Waals surface area (Å²) in [5, 5.41) is 0. The van der Waals surface area contributed by atoms with Crippen molar-refractivity contribution in [2.45, 2.75) is 12.8 Å². The first kappa shape index (κ1) is 14.2. The molecule has 0 aliphatic carbocycles. The number of aliphatic imine (C=N–C) groups is 1. The number of hydrogen-bond acceptors (Lipinski definition) is 3. The molecular weight excluding hydrogens is 281 g/mol. The number of carbonyl (C=O) groups is 1. The molecule has 22 heavy (non-hydrogen) atoms. The quantitative estimate of drug-likeness (QED) is 0.636. The van der Waals surface area contributed by atoms with Gasteiger partial charge in [-0.2, -0.15) is 0 Å². The van der Waals surface area contributed by atoms with Gasteiger partial charge in [0.2, 0.25) is 0 Å². The molecule has 0 N–H and O–H groups in total. The summed E-state index contributed by atoms with van der Waals surface area (Å²) in [5.41, 5.74) is 1.60. The summed E-state index contributed by atoms with van der Waals surface area (Å²) in [6.45, 7) is 0. The minimum absolute atomic E-state index is 0.133. The smallest absolute Gasteiger partial charge is 0.363 e. The third-order valence-electron chi connectivity index (χ3n) is 3.33. The highest BCUT2D eigenvalue weighted by Crippen LogP contribution is 2.19. The van der Waals surface area contributed by atoms with Gasteiger partial charge in [-0.3, -0.25) is 0 Å². The van der Waals surface area contributed by atoms with E-state index in [4.69, 9.17) is 4.74 Å². The van der Waals surface area contributed by atoms with Crippen molar-refractivity contribution in [3.05, 3.63) is 77.2 Å². The zero-order valence-corrected chi connectivity index (χ0v) is 11.8. The van der Waals surface area contributed by atoms with Crippen LogP contribution >= 0.6 is 0 Å². The first-order valence-electron chi connectivity index (χ1n) is 7.02. The normalized spacial score (nSPS) is 15.8. The molecule has 0 aromatic heterocycles. The highest BCUT2D eigenvalue weighted by molar-refractivity contribution is 6.07. The van der Waals surface area contributed by atoms with Crippen LogP contribution < -0.4 is 0 Å². The van der Waals surface area contributed by atoms with Crippen LogP contribution in [0, 0.1) is 5.82 Å². The van der Waals surface area contributed by atoms with Crippen molar-refractivity contribution in [2.75, 3.05) is 0 Å². The van der Waals surface area contributed by atoms with Crippen LogP contribution in [0.1, 0.15) is 17.5 Å². The molecule has 0 saturated carbocycles. The molecule has 0 bridgehead atoms. The van der Waals surface area contributed by atoms with Crippen LogP contribution in [0.4, 0.5) is 4.39 Å². The van der Waals surface area contributed by atoms with Gasteiger partial charge in [0.05, 0.1) is 0 Å². The summed E-state index contributed by atoms with van der Waals surface area (Å²) < 4.78 is 18.7. The van der Waals surface area contributed by atoms with Crippen molar-refractivity contribution >= 4 is 17.9 Å². The van der Waals surface area contributed by atoms with Gasteiger partial charge in [0.15, 0.2) is 11.6 Å². The van der Waals surface area contributed by atoms with Crippen LogP contribution in [-0.4, -0.2) is 11.9 Å². The van der Waals surface area contributed by atoms with Gasteiger partial charge < -0.3 is 4.74 Å². The standard InChI is InChI=1S/C18H14FNO2/c19-15-9-5-4-8-14(15)12-16-18(21)22-17(20-16)11-10-13-6-2-1-3-7-13/h1-9,12H,10-11H2/b16-12-. The zero-order valence-electron chi connectivity index (χ0n) is 11.8. The maximum Gasteiger partial charge on any atom is 0.363 e. The van der Waals surface area contributed by atoms with Crippen LogP contribution in [0.15, 0.2) is 65.3 Å². The lowest BCUT2D eigenvalue weighted by Crippen LogP contribution is -2.05. The van der Waals surface area contributed by atoms with E-state index >= 15 is 0 Å². The van der Waals surface area contributed by atoms with Crippen molar-refractivity contribution in [1.29, 1.82) is 0 Å². The monoisotopic (exact) mass is 295 g/mol. The number of cyclic esters (lactones) is 1. The summed E-state index contributed by atoms with van der Waals surface area (Å²) >= 11 is 0. The molecular formula is C18H14FNO2. The summed E-state index contributed by atoms with van der Waals surface area (Å²) in [6.07, 6.45) is 2.68. The van der Waals surface area contributed by atoms with Crippen molar-refractivity contribution in [2.24, 2.45) is 4.99 Å². The van der Waals surface area contributed by atoms with Gasteiger partial charge in [-0.15, -0.1) is 0 Å². The minimum Gasteiger partial charge on any atom is -0.407 e. The molecule has 1 heterocycles. The number of halogens is 1. The number of esters is 1. The van der Waals surface area contributed by atoms with Crippen LogP contribution in [0.25, 0.3) is 6.08 Å². The highest BCUT2D eigenvalue weighted by Gasteiger charge is 2.22. The predicted octanol–water partition coefficient (Wildman–Crippen LogP) is 3.75. The molecule has 0 fully saturated rings. The molecule has 0 spiro atoms. The van der Waals surface area contributed by atoms with Gasteiger partial charge in [-0.05, 0) is 24.1 Å². The Morgan fingerprint density at radius 3 is 2.50 bits per heavy atom. The summed E-state index contributed by atoms with van der Waals surface area (Å²) in [7, 11) is 0. The summed E-state index contributed by atoms with van der Waals surface area (Å²) in [5.74, 6) is -0.557. The number of ether oxygens (including phenoxy) is 1. The summed E-state index contributed by atoms with van der Waals surface area (Å²) in [4.78, 5) is 15.9. The van der Waals surface area contributed by atoms with Crippen molar-refractivity contribution in [3.63, 3.8) is 0 Å². The van der Waals surface area contributed by atoms with E-state index in [1.54, 1.807) is 18.2 Å². The molecule has 1 aliphatic heterocycles. The minimum atomic E-state index is -0.536. The Balaban J connectivity index is 1.73. The Hall–Kier alpha value is -2.75. The number of carbonyl (C=O) groups excluding carboxylic acids is 1. The van der Waals surface area contributed by atoms with E-state index in [2.05, 4.69) is 4.99 Å². The Morgan fingerprint density at radius 2 is 1.73 bits per heavy atom. The molecule has 3 rings (SSSR count). The molecule has 0 atom stereocenters. The maximum atomic E-state index is 13.6. The molecule has 2 aromatic rings. The first-order valence-corrected chi connectivity index (χ1v) is 7.02. The predicted molar refractivity (Wildman–Crippen MR) is 82.7 cm³/mol. The van der Waals surface area contributed by atoms with Crippen molar-refractivity contribution in [3.8, 4) is 0 Å². The van der Waals surface area contributed by atoms with E-state index in [9.17, 15) is 9.18 Å². The van der Waals surface area contributed by atoms with Crippen molar-refractivity contribution in [1.82, 2.24) is 0 Å². The average molecular weight is 295 g/mol. The molecule has 2 aromatic carbocycles. The Kier molecular flexibility index (Phi) is 4.10. The zero-order chi connectivity index (χ0) is 15.4. The van der Waals surface area contributed by atoms with Crippen molar-refractivity contribution < 1.29 is 13.9 Å². The lowest BCUT2D eigenvalue weighted by molar-refractivity contribution is -0.130. The summed E-state index contributed by atoms with van der Waals surface area (Å²) in [6, 6.07) is 16.1. The van der Waals surface area contributed by atoms with Crippen LogP contribution in [0.2, 0.25) is 0 Å². The fourth-order valence-electron chi connectivity index (χ4n) is 2.20. The molecule has 0 amide bonds. The average Bonchev–Trinajstić information content (AvgIpc) is 2.89. The topological polar surface area (TPSA) is 38.7 Å². The SMILES string of the molecule is O=C1OC(CCc2ccccc2)=N/C1=C\c1ccccc1F. The fourth-order valence-corrected chi connectivity index (χ4v) is 2.20. The Bertz CT molecular complexity index is 751. The number of rotatable bonds is 4. The Labute approximate surface area is 127 Å². The molecule has 0 radical (unpaired) electrons. The molecule has 4 heteroatoms. The molecule has 110 valence electrons. The van der Waals surface area contributed by atoms with Gasteiger partial charge in [0, 0.05) is 12.0 Å². The number of benzene rings is 2. The third kappa shape index (κ3) is 3.28. The highest BCUT2D eigenvalue weighted by atomic mass is 19.1. The van der Waals surface area contributed by atoms with E-state index in [-0.39, 0.29) is 5.70 Å². The maximum absolute atomic E-state index is 13.6. The second-order valence-corrected chi connectivity index (χ2v) is 4.93. The van der Waals surface area contributed by atoms with E-state index in [0.717, 1.165) is 12.0 Å². The van der Waals surface area contributed by atoms with Gasteiger partial charge in [0.25, 0.3) is 0 Å². The second kappa shape index (κ2) is 6.35. The van der Waals surface area contributed by atoms with E-state index < -0.39 is 11.8 Å². The van der Waals surface area contributed by atoms with Gasteiger partial charge in [0.1, 0.15) is 5.82 Å².